The second kappa shape index (κ2) is 8.10. The average Bonchev–Trinajstić information content (AvgIpc) is 3.01. The van der Waals surface area contributed by atoms with Gasteiger partial charge in [0.05, 0.1) is 13.2 Å². The molecule has 3 rings (SSSR count). The van der Waals surface area contributed by atoms with Gasteiger partial charge in [-0.05, 0) is 30.2 Å². The number of benzene rings is 2. The summed E-state index contributed by atoms with van der Waals surface area (Å²) in [5.41, 5.74) is 1.35. The minimum absolute atomic E-state index is 0.490. The molecule has 0 aliphatic carbocycles. The van der Waals surface area contributed by atoms with E-state index in [1.54, 1.807) is 38.3 Å². The van der Waals surface area contributed by atoms with Crippen LogP contribution >= 0.6 is 15.9 Å². The minimum atomic E-state index is -1.13. The molecule has 0 bridgehead atoms. The predicted octanol–water partition coefficient (Wildman–Crippen LogP) is 3.60. The summed E-state index contributed by atoms with van der Waals surface area (Å²) >= 11 is 3.24. The standard InChI is InChI=1S/C20H20BrNO5/c1-12-18(14-6-4-3-5-7-14)27-20(25)22(12)19(24)16(21)17(23)13-8-10-15(26-2)11-9-13/h3-12,16-18,23H,1-2H3/t12-,16-,17+,18-/m0/s1. The zero-order valence-electron chi connectivity index (χ0n) is 14.9. The molecule has 0 saturated carbocycles. The van der Waals surface area contributed by atoms with Gasteiger partial charge in [-0.25, -0.2) is 9.69 Å². The Bertz CT molecular complexity index is 811. The lowest BCUT2D eigenvalue weighted by Gasteiger charge is -2.24. The summed E-state index contributed by atoms with van der Waals surface area (Å²) in [7, 11) is 1.55. The molecule has 6 nitrogen and oxygen atoms in total. The summed E-state index contributed by atoms with van der Waals surface area (Å²) in [6.07, 6.45) is -2.38. The number of rotatable bonds is 5. The molecule has 4 atom stereocenters. The molecule has 27 heavy (non-hydrogen) atoms. The summed E-state index contributed by atoms with van der Waals surface area (Å²) in [4.78, 5) is 25.3. The molecular formula is C20H20BrNO5. The fourth-order valence-corrected chi connectivity index (χ4v) is 3.61. The second-order valence-corrected chi connectivity index (χ2v) is 7.27. The number of halogens is 1. The molecule has 1 saturated heterocycles. The van der Waals surface area contributed by atoms with Crippen LogP contribution in [0.15, 0.2) is 54.6 Å². The number of carbonyl (C=O) groups excluding carboxylic acids is 2. The van der Waals surface area contributed by atoms with Gasteiger partial charge in [-0.3, -0.25) is 4.79 Å². The van der Waals surface area contributed by atoms with Gasteiger partial charge in [-0.1, -0.05) is 58.4 Å². The monoisotopic (exact) mass is 433 g/mol. The first kappa shape index (κ1) is 19.4. The Morgan fingerprint density at radius 2 is 1.81 bits per heavy atom. The number of imide groups is 1. The Labute approximate surface area is 165 Å². The highest BCUT2D eigenvalue weighted by atomic mass is 79.9. The minimum Gasteiger partial charge on any atom is -0.497 e. The molecule has 0 aromatic heterocycles. The van der Waals surface area contributed by atoms with Crippen LogP contribution in [0.5, 0.6) is 5.75 Å². The molecule has 0 unspecified atom stereocenters. The summed E-state index contributed by atoms with van der Waals surface area (Å²) < 4.78 is 10.5. The SMILES string of the molecule is COc1ccc([C@@H](O)[C@H](Br)C(=O)N2C(=O)O[C@H](c3ccccc3)[C@@H]2C)cc1. The number of ether oxygens (including phenoxy) is 2. The normalized spacial score (nSPS) is 21.5. The van der Waals surface area contributed by atoms with E-state index in [9.17, 15) is 14.7 Å². The number of carbonyl (C=O) groups is 2. The summed E-state index contributed by atoms with van der Waals surface area (Å²) in [5, 5.41) is 10.6. The molecule has 2 aromatic carbocycles. The van der Waals surface area contributed by atoms with E-state index in [0.717, 1.165) is 10.5 Å². The van der Waals surface area contributed by atoms with Gasteiger partial charge < -0.3 is 14.6 Å². The lowest BCUT2D eigenvalue weighted by Crippen LogP contribution is -2.43. The van der Waals surface area contributed by atoms with Gasteiger partial charge in [0.15, 0.2) is 0 Å². The van der Waals surface area contributed by atoms with E-state index in [1.807, 2.05) is 30.3 Å². The molecular weight excluding hydrogens is 414 g/mol. The van der Waals surface area contributed by atoms with Crippen LogP contribution in [0.3, 0.4) is 0 Å². The zero-order valence-corrected chi connectivity index (χ0v) is 16.5. The average molecular weight is 434 g/mol. The van der Waals surface area contributed by atoms with Crippen molar-refractivity contribution in [3.05, 3.63) is 65.7 Å². The smallest absolute Gasteiger partial charge is 0.417 e. The van der Waals surface area contributed by atoms with Crippen LogP contribution in [0.1, 0.15) is 30.3 Å². The van der Waals surface area contributed by atoms with E-state index in [0.29, 0.717) is 11.3 Å². The number of hydrogen-bond acceptors (Lipinski definition) is 5. The number of hydrogen-bond donors (Lipinski definition) is 1. The number of methoxy groups -OCH3 is 1. The van der Waals surface area contributed by atoms with E-state index >= 15 is 0 Å². The van der Waals surface area contributed by atoms with Crippen molar-refractivity contribution in [2.45, 2.75) is 30.0 Å². The predicted molar refractivity (Wildman–Crippen MR) is 103 cm³/mol. The Kier molecular flexibility index (Phi) is 5.82. The molecule has 2 amide bonds. The Morgan fingerprint density at radius 3 is 2.41 bits per heavy atom. The van der Waals surface area contributed by atoms with Crippen molar-refractivity contribution in [1.82, 2.24) is 4.90 Å². The molecule has 0 spiro atoms. The third kappa shape index (κ3) is 3.84. The highest BCUT2D eigenvalue weighted by Gasteiger charge is 2.46. The fourth-order valence-electron chi connectivity index (χ4n) is 3.08. The van der Waals surface area contributed by atoms with Crippen molar-refractivity contribution in [3.63, 3.8) is 0 Å². The van der Waals surface area contributed by atoms with Crippen molar-refractivity contribution < 1.29 is 24.2 Å². The van der Waals surface area contributed by atoms with Crippen LogP contribution in [0.25, 0.3) is 0 Å². The molecule has 1 heterocycles. The first-order chi connectivity index (χ1) is 12.9. The van der Waals surface area contributed by atoms with Crippen molar-refractivity contribution in [2.24, 2.45) is 0 Å². The molecule has 7 heteroatoms. The van der Waals surface area contributed by atoms with Gasteiger partial charge in [0.2, 0.25) is 5.91 Å². The van der Waals surface area contributed by atoms with Gasteiger partial charge in [-0.15, -0.1) is 0 Å². The number of alkyl halides is 1. The largest absolute Gasteiger partial charge is 0.497 e. The summed E-state index contributed by atoms with van der Waals surface area (Å²) in [5.74, 6) is 0.0973. The first-order valence-corrected chi connectivity index (χ1v) is 9.40. The number of nitrogens with zero attached hydrogens (tertiary/aromatic N) is 1. The lowest BCUT2D eigenvalue weighted by atomic mass is 10.0. The maximum absolute atomic E-state index is 12.9. The summed E-state index contributed by atoms with van der Waals surface area (Å²) in [6.45, 7) is 1.75. The maximum Gasteiger partial charge on any atom is 0.417 e. The van der Waals surface area contributed by atoms with Gasteiger partial charge in [-0.2, -0.15) is 0 Å². The van der Waals surface area contributed by atoms with Crippen molar-refractivity contribution in [2.75, 3.05) is 7.11 Å². The molecule has 142 valence electrons. The van der Waals surface area contributed by atoms with E-state index < -0.39 is 35.1 Å². The van der Waals surface area contributed by atoms with Gasteiger partial charge in [0.1, 0.15) is 22.8 Å². The molecule has 2 aromatic rings. The highest BCUT2D eigenvalue weighted by Crippen LogP contribution is 2.35. The van der Waals surface area contributed by atoms with E-state index in [-0.39, 0.29) is 0 Å². The Balaban J connectivity index is 1.76. The van der Waals surface area contributed by atoms with Crippen molar-refractivity contribution in [3.8, 4) is 5.75 Å². The molecule has 1 fully saturated rings. The van der Waals surface area contributed by atoms with Crippen molar-refractivity contribution >= 4 is 27.9 Å². The molecule has 1 N–H and O–H groups in total. The van der Waals surface area contributed by atoms with Gasteiger partial charge >= 0.3 is 6.09 Å². The van der Waals surface area contributed by atoms with Crippen LogP contribution in [0.2, 0.25) is 0 Å². The Hall–Kier alpha value is -2.38. The van der Waals surface area contributed by atoms with Crippen LogP contribution in [0, 0.1) is 0 Å². The van der Waals surface area contributed by atoms with Crippen LogP contribution in [0.4, 0.5) is 4.79 Å². The van der Waals surface area contributed by atoms with E-state index in [1.165, 1.54) is 0 Å². The zero-order chi connectivity index (χ0) is 19.6. The first-order valence-electron chi connectivity index (χ1n) is 8.48. The maximum atomic E-state index is 12.9. The lowest BCUT2D eigenvalue weighted by molar-refractivity contribution is -0.130. The number of amides is 2. The number of aliphatic hydroxyl groups is 1. The topological polar surface area (TPSA) is 76.1 Å². The quantitative estimate of drug-likeness (QED) is 0.728. The third-order valence-electron chi connectivity index (χ3n) is 4.61. The van der Waals surface area contributed by atoms with Crippen LogP contribution < -0.4 is 4.74 Å². The number of aliphatic hydroxyl groups excluding tert-OH is 1. The van der Waals surface area contributed by atoms with E-state index in [4.69, 9.17) is 9.47 Å². The molecule has 1 aliphatic rings. The van der Waals surface area contributed by atoms with Crippen LogP contribution in [-0.4, -0.2) is 40.0 Å². The van der Waals surface area contributed by atoms with E-state index in [2.05, 4.69) is 15.9 Å². The molecule has 1 aliphatic heterocycles. The Morgan fingerprint density at radius 1 is 1.19 bits per heavy atom. The third-order valence-corrected chi connectivity index (χ3v) is 5.50. The highest BCUT2D eigenvalue weighted by molar-refractivity contribution is 9.10. The van der Waals surface area contributed by atoms with Gasteiger partial charge in [0, 0.05) is 0 Å². The summed E-state index contributed by atoms with van der Waals surface area (Å²) in [6, 6.07) is 15.5. The second-order valence-electron chi connectivity index (χ2n) is 6.28. The molecule has 0 radical (unpaired) electrons. The number of cyclic esters (lactones) is 1. The van der Waals surface area contributed by atoms with Crippen LogP contribution in [-0.2, 0) is 9.53 Å². The fraction of sp³-hybridized carbons (Fsp3) is 0.300. The van der Waals surface area contributed by atoms with Gasteiger partial charge in [0.25, 0.3) is 0 Å². The van der Waals surface area contributed by atoms with Crippen molar-refractivity contribution in [1.29, 1.82) is 0 Å².